The van der Waals surface area contributed by atoms with Crippen LogP contribution in [-0.4, -0.2) is 17.1 Å². The average molecular weight is 205 g/mol. The maximum Gasteiger partial charge on any atom is 0.308 e. The topological polar surface area (TPSA) is 49.3 Å². The first kappa shape index (κ1) is 10.0. The monoisotopic (exact) mass is 205 g/mol. The first-order valence-electron chi connectivity index (χ1n) is 5.32. The largest absolute Gasteiger partial charge is 0.481 e. The van der Waals surface area contributed by atoms with Crippen LogP contribution in [0.4, 0.5) is 5.69 Å². The number of anilines is 1. The summed E-state index contributed by atoms with van der Waals surface area (Å²) >= 11 is 0. The molecule has 80 valence electrons. The molecular formula is C12H15NO2. The standard InChI is InChI=1S/C12H15NO2/c14-12(15)10-7-4-8-11(10)13-9-5-2-1-3-6-9/h1-3,5-6,10-11,13H,4,7-8H2,(H,14,15)/t10-,11-/m1/s1. The number of hydrogen-bond acceptors (Lipinski definition) is 2. The van der Waals surface area contributed by atoms with Crippen LogP contribution in [0.15, 0.2) is 30.3 Å². The molecule has 0 amide bonds. The third-order valence-corrected chi connectivity index (χ3v) is 2.96. The first-order valence-corrected chi connectivity index (χ1v) is 5.32. The second-order valence-electron chi connectivity index (χ2n) is 3.99. The number of carboxylic acids is 1. The minimum absolute atomic E-state index is 0.0879. The van der Waals surface area contributed by atoms with Gasteiger partial charge in [0.05, 0.1) is 5.92 Å². The van der Waals surface area contributed by atoms with Crippen molar-refractivity contribution in [1.29, 1.82) is 0 Å². The van der Waals surface area contributed by atoms with E-state index in [0.29, 0.717) is 0 Å². The van der Waals surface area contributed by atoms with Crippen LogP contribution in [-0.2, 0) is 4.79 Å². The zero-order valence-corrected chi connectivity index (χ0v) is 8.52. The molecule has 1 aromatic rings. The fourth-order valence-corrected chi connectivity index (χ4v) is 2.18. The predicted octanol–water partition coefficient (Wildman–Crippen LogP) is 2.35. The van der Waals surface area contributed by atoms with Gasteiger partial charge in [0.15, 0.2) is 0 Å². The molecule has 0 aliphatic heterocycles. The zero-order valence-electron chi connectivity index (χ0n) is 8.52. The predicted molar refractivity (Wildman–Crippen MR) is 58.8 cm³/mol. The lowest BCUT2D eigenvalue weighted by Crippen LogP contribution is -2.29. The molecule has 2 N–H and O–H groups in total. The highest BCUT2D eigenvalue weighted by Crippen LogP contribution is 2.28. The number of rotatable bonds is 3. The maximum absolute atomic E-state index is 11.0. The van der Waals surface area contributed by atoms with Crippen LogP contribution in [0.1, 0.15) is 19.3 Å². The lowest BCUT2D eigenvalue weighted by Gasteiger charge is -2.18. The summed E-state index contributed by atoms with van der Waals surface area (Å²) in [7, 11) is 0. The van der Waals surface area contributed by atoms with Gasteiger partial charge in [-0.2, -0.15) is 0 Å². The molecule has 1 saturated carbocycles. The third-order valence-electron chi connectivity index (χ3n) is 2.96. The minimum Gasteiger partial charge on any atom is -0.481 e. The highest BCUT2D eigenvalue weighted by Gasteiger charge is 2.32. The molecule has 1 aromatic carbocycles. The Morgan fingerprint density at radius 2 is 2.00 bits per heavy atom. The smallest absolute Gasteiger partial charge is 0.308 e. The Morgan fingerprint density at radius 1 is 1.27 bits per heavy atom. The molecule has 0 unspecified atom stereocenters. The van der Waals surface area contributed by atoms with E-state index in [4.69, 9.17) is 5.11 Å². The highest BCUT2D eigenvalue weighted by atomic mass is 16.4. The van der Waals surface area contributed by atoms with Gasteiger partial charge in [0.25, 0.3) is 0 Å². The number of aliphatic carboxylic acids is 1. The van der Waals surface area contributed by atoms with Crippen LogP contribution >= 0.6 is 0 Å². The molecule has 0 spiro atoms. The van der Waals surface area contributed by atoms with Crippen LogP contribution in [0.5, 0.6) is 0 Å². The number of hydrogen-bond donors (Lipinski definition) is 2. The molecule has 15 heavy (non-hydrogen) atoms. The van der Waals surface area contributed by atoms with E-state index in [0.717, 1.165) is 24.9 Å². The first-order chi connectivity index (χ1) is 7.27. The van der Waals surface area contributed by atoms with Crippen molar-refractivity contribution in [2.45, 2.75) is 25.3 Å². The molecule has 0 saturated heterocycles. The van der Waals surface area contributed by atoms with Crippen molar-refractivity contribution in [3.63, 3.8) is 0 Å². The maximum atomic E-state index is 11.0. The quantitative estimate of drug-likeness (QED) is 0.796. The van der Waals surface area contributed by atoms with Gasteiger partial charge in [-0.15, -0.1) is 0 Å². The SMILES string of the molecule is O=C(O)[C@@H]1CCC[C@H]1Nc1ccccc1. The van der Waals surface area contributed by atoms with Gasteiger partial charge in [0.1, 0.15) is 0 Å². The Kier molecular flexibility index (Phi) is 2.90. The molecule has 1 aliphatic rings. The van der Waals surface area contributed by atoms with E-state index in [2.05, 4.69) is 5.32 Å². The lowest BCUT2D eigenvalue weighted by molar-refractivity contribution is -0.141. The van der Waals surface area contributed by atoms with E-state index >= 15 is 0 Å². The lowest BCUT2D eigenvalue weighted by atomic mass is 10.0. The van der Waals surface area contributed by atoms with Crippen LogP contribution in [0, 0.1) is 5.92 Å². The van der Waals surface area contributed by atoms with Gasteiger partial charge >= 0.3 is 5.97 Å². The number of benzene rings is 1. The molecular weight excluding hydrogens is 190 g/mol. The molecule has 2 rings (SSSR count). The van der Waals surface area contributed by atoms with E-state index in [1.54, 1.807) is 0 Å². The van der Waals surface area contributed by atoms with Crippen molar-refractivity contribution in [2.24, 2.45) is 5.92 Å². The molecule has 0 aromatic heterocycles. The fourth-order valence-electron chi connectivity index (χ4n) is 2.18. The number of nitrogens with one attached hydrogen (secondary N) is 1. The van der Waals surface area contributed by atoms with E-state index in [-0.39, 0.29) is 12.0 Å². The Labute approximate surface area is 89.1 Å². The van der Waals surface area contributed by atoms with Gasteiger partial charge in [-0.3, -0.25) is 4.79 Å². The summed E-state index contributed by atoms with van der Waals surface area (Å²) in [6.07, 6.45) is 2.74. The van der Waals surface area contributed by atoms with Crippen LogP contribution in [0.2, 0.25) is 0 Å². The van der Waals surface area contributed by atoms with Crippen molar-refractivity contribution < 1.29 is 9.90 Å². The van der Waals surface area contributed by atoms with Gasteiger partial charge in [0, 0.05) is 11.7 Å². The van der Waals surface area contributed by atoms with Crippen LogP contribution in [0.25, 0.3) is 0 Å². The van der Waals surface area contributed by atoms with Gasteiger partial charge < -0.3 is 10.4 Å². The van der Waals surface area contributed by atoms with Crippen LogP contribution < -0.4 is 5.32 Å². The van der Waals surface area contributed by atoms with Gasteiger partial charge in [-0.05, 0) is 25.0 Å². The van der Waals surface area contributed by atoms with E-state index in [1.807, 2.05) is 30.3 Å². The van der Waals surface area contributed by atoms with Crippen molar-refractivity contribution >= 4 is 11.7 Å². The second-order valence-corrected chi connectivity index (χ2v) is 3.99. The van der Waals surface area contributed by atoms with E-state index < -0.39 is 5.97 Å². The van der Waals surface area contributed by atoms with E-state index in [1.165, 1.54) is 0 Å². The number of carboxylic acid groups (broad SMARTS) is 1. The second kappa shape index (κ2) is 4.34. The highest BCUT2D eigenvalue weighted by molar-refractivity contribution is 5.72. The summed E-state index contributed by atoms with van der Waals surface area (Å²) in [5, 5.41) is 12.3. The Morgan fingerprint density at radius 3 is 2.67 bits per heavy atom. The number of para-hydroxylation sites is 1. The van der Waals surface area contributed by atoms with Crippen molar-refractivity contribution in [3.8, 4) is 0 Å². The third kappa shape index (κ3) is 2.29. The van der Waals surface area contributed by atoms with E-state index in [9.17, 15) is 4.79 Å². The Bertz CT molecular complexity index is 337. The molecule has 3 nitrogen and oxygen atoms in total. The molecule has 2 atom stereocenters. The van der Waals surface area contributed by atoms with Crippen molar-refractivity contribution in [2.75, 3.05) is 5.32 Å². The summed E-state index contributed by atoms with van der Waals surface area (Å²) in [6.45, 7) is 0. The summed E-state index contributed by atoms with van der Waals surface area (Å²) < 4.78 is 0. The molecule has 3 heteroatoms. The Hall–Kier alpha value is -1.51. The van der Waals surface area contributed by atoms with Gasteiger partial charge in [-0.1, -0.05) is 24.6 Å². The number of carbonyl (C=O) groups is 1. The normalized spacial score (nSPS) is 25.1. The average Bonchev–Trinajstić information content (AvgIpc) is 2.67. The summed E-state index contributed by atoms with van der Waals surface area (Å²) in [5.74, 6) is -0.911. The molecule has 0 radical (unpaired) electrons. The van der Waals surface area contributed by atoms with Crippen LogP contribution in [0.3, 0.4) is 0 Å². The minimum atomic E-state index is -0.680. The Balaban J connectivity index is 2.03. The molecule has 1 aliphatic carbocycles. The molecule has 1 fully saturated rings. The molecule has 0 heterocycles. The summed E-state index contributed by atoms with van der Waals surface area (Å²) in [5.41, 5.74) is 1.01. The van der Waals surface area contributed by atoms with Crippen molar-refractivity contribution in [1.82, 2.24) is 0 Å². The summed E-state index contributed by atoms with van der Waals surface area (Å²) in [4.78, 5) is 11.0. The van der Waals surface area contributed by atoms with Gasteiger partial charge in [-0.25, -0.2) is 0 Å². The molecule has 0 bridgehead atoms. The van der Waals surface area contributed by atoms with Gasteiger partial charge in [0.2, 0.25) is 0 Å². The fraction of sp³-hybridized carbons (Fsp3) is 0.417. The summed E-state index contributed by atoms with van der Waals surface area (Å²) in [6, 6.07) is 9.88. The van der Waals surface area contributed by atoms with Crippen molar-refractivity contribution in [3.05, 3.63) is 30.3 Å². The zero-order chi connectivity index (χ0) is 10.7.